The predicted molar refractivity (Wildman–Crippen MR) is 80.7 cm³/mol. The van der Waals surface area contributed by atoms with Crippen molar-refractivity contribution in [2.45, 2.75) is 45.6 Å². The van der Waals surface area contributed by atoms with Crippen LogP contribution in [0.2, 0.25) is 0 Å². The summed E-state index contributed by atoms with van der Waals surface area (Å²) in [7, 11) is 1.75. The van der Waals surface area contributed by atoms with E-state index in [9.17, 15) is 0 Å². The highest BCUT2D eigenvalue weighted by molar-refractivity contribution is 5.33. The summed E-state index contributed by atoms with van der Waals surface area (Å²) in [5, 5.41) is 3.74. The van der Waals surface area contributed by atoms with Crippen LogP contribution < -0.4 is 10.1 Å². The van der Waals surface area contributed by atoms with Crippen molar-refractivity contribution in [3.05, 3.63) is 29.8 Å². The highest BCUT2D eigenvalue weighted by atomic mass is 16.5. The van der Waals surface area contributed by atoms with Gasteiger partial charge in [-0.05, 0) is 55.7 Å². The predicted octanol–water partition coefficient (Wildman–Crippen LogP) is 3.65. The number of hydrogen-bond acceptors (Lipinski definition) is 2. The van der Waals surface area contributed by atoms with Gasteiger partial charge in [0.15, 0.2) is 0 Å². The lowest BCUT2D eigenvalue weighted by atomic mass is 9.80. The molecule has 0 aromatic heterocycles. The molecule has 0 saturated heterocycles. The van der Waals surface area contributed by atoms with Gasteiger partial charge in [0, 0.05) is 6.04 Å². The largest absolute Gasteiger partial charge is 0.496 e. The van der Waals surface area contributed by atoms with Crippen LogP contribution in [0.1, 0.15) is 38.7 Å². The quantitative estimate of drug-likeness (QED) is 0.873. The van der Waals surface area contributed by atoms with E-state index in [2.05, 4.69) is 31.3 Å². The second kappa shape index (κ2) is 6.95. The monoisotopic (exact) mass is 261 g/mol. The van der Waals surface area contributed by atoms with Crippen LogP contribution >= 0.6 is 0 Å². The van der Waals surface area contributed by atoms with Gasteiger partial charge in [-0.25, -0.2) is 0 Å². The minimum atomic E-state index is 0.700. The minimum absolute atomic E-state index is 0.700. The number of benzene rings is 1. The van der Waals surface area contributed by atoms with E-state index < -0.39 is 0 Å². The van der Waals surface area contributed by atoms with Crippen LogP contribution in [0.15, 0.2) is 24.3 Å². The van der Waals surface area contributed by atoms with Gasteiger partial charge in [0.1, 0.15) is 5.75 Å². The van der Waals surface area contributed by atoms with E-state index in [0.29, 0.717) is 6.04 Å². The summed E-state index contributed by atoms with van der Waals surface area (Å²) in [4.78, 5) is 0. The summed E-state index contributed by atoms with van der Waals surface area (Å²) in [5.74, 6) is 2.72. The molecule has 0 aliphatic heterocycles. The number of rotatable bonds is 5. The maximum Gasteiger partial charge on any atom is 0.122 e. The van der Waals surface area contributed by atoms with Crippen molar-refractivity contribution in [3.8, 4) is 5.75 Å². The molecule has 2 heteroatoms. The Hall–Kier alpha value is -1.02. The van der Waals surface area contributed by atoms with Crippen molar-refractivity contribution in [2.75, 3.05) is 13.7 Å². The average Bonchev–Trinajstić information content (AvgIpc) is 2.42. The number of para-hydroxylation sites is 1. The van der Waals surface area contributed by atoms with Crippen molar-refractivity contribution in [1.29, 1.82) is 0 Å². The Morgan fingerprint density at radius 2 is 2.00 bits per heavy atom. The first kappa shape index (κ1) is 14.4. The number of ether oxygens (including phenoxy) is 1. The van der Waals surface area contributed by atoms with Crippen LogP contribution in [0.4, 0.5) is 0 Å². The Morgan fingerprint density at radius 3 is 2.74 bits per heavy atom. The summed E-state index contributed by atoms with van der Waals surface area (Å²) in [6, 6.07) is 9.02. The molecule has 1 aromatic carbocycles. The molecule has 1 aliphatic rings. The Morgan fingerprint density at radius 1 is 1.21 bits per heavy atom. The molecule has 1 aromatic rings. The van der Waals surface area contributed by atoms with Crippen molar-refractivity contribution in [2.24, 2.45) is 11.8 Å². The summed E-state index contributed by atoms with van der Waals surface area (Å²) in [6.45, 7) is 5.81. The molecule has 1 aliphatic carbocycles. The molecule has 0 radical (unpaired) electrons. The molecule has 19 heavy (non-hydrogen) atoms. The van der Waals surface area contributed by atoms with Gasteiger partial charge in [-0.2, -0.15) is 0 Å². The van der Waals surface area contributed by atoms with E-state index in [-0.39, 0.29) is 0 Å². The normalized spacial score (nSPS) is 27.2. The SMILES string of the molecule is COc1ccccc1CCNC1CCC(C)CC1C. The Kier molecular flexibility index (Phi) is 5.26. The maximum absolute atomic E-state index is 5.40. The average molecular weight is 261 g/mol. The fraction of sp³-hybridized carbons (Fsp3) is 0.647. The van der Waals surface area contributed by atoms with Gasteiger partial charge in [0.25, 0.3) is 0 Å². The lowest BCUT2D eigenvalue weighted by molar-refractivity contribution is 0.229. The van der Waals surface area contributed by atoms with E-state index in [4.69, 9.17) is 4.74 Å². The van der Waals surface area contributed by atoms with Crippen LogP contribution in [0.3, 0.4) is 0 Å². The molecular weight excluding hydrogens is 234 g/mol. The van der Waals surface area contributed by atoms with Crippen molar-refractivity contribution < 1.29 is 4.74 Å². The highest BCUT2D eigenvalue weighted by Gasteiger charge is 2.24. The van der Waals surface area contributed by atoms with Crippen LogP contribution in [-0.2, 0) is 6.42 Å². The molecule has 1 N–H and O–H groups in total. The van der Waals surface area contributed by atoms with Gasteiger partial charge in [-0.1, -0.05) is 32.0 Å². The van der Waals surface area contributed by atoms with Crippen LogP contribution in [0.25, 0.3) is 0 Å². The molecule has 0 spiro atoms. The summed E-state index contributed by atoms with van der Waals surface area (Å²) in [6.07, 6.45) is 5.11. The van der Waals surface area contributed by atoms with Gasteiger partial charge in [0.2, 0.25) is 0 Å². The van der Waals surface area contributed by atoms with Gasteiger partial charge < -0.3 is 10.1 Å². The second-order valence-electron chi connectivity index (χ2n) is 6.02. The van der Waals surface area contributed by atoms with Crippen molar-refractivity contribution in [1.82, 2.24) is 5.32 Å². The van der Waals surface area contributed by atoms with E-state index in [1.54, 1.807) is 7.11 Å². The molecule has 106 valence electrons. The highest BCUT2D eigenvalue weighted by Crippen LogP contribution is 2.28. The number of nitrogens with one attached hydrogen (secondary N) is 1. The third-order valence-electron chi connectivity index (χ3n) is 4.42. The molecule has 3 atom stereocenters. The Labute approximate surface area is 117 Å². The van der Waals surface area contributed by atoms with E-state index >= 15 is 0 Å². The van der Waals surface area contributed by atoms with E-state index in [1.807, 2.05) is 12.1 Å². The zero-order valence-corrected chi connectivity index (χ0v) is 12.5. The minimum Gasteiger partial charge on any atom is -0.496 e. The fourth-order valence-corrected chi connectivity index (χ4v) is 3.27. The summed E-state index contributed by atoms with van der Waals surface area (Å²) in [5.41, 5.74) is 1.30. The van der Waals surface area contributed by atoms with Gasteiger partial charge >= 0.3 is 0 Å². The van der Waals surface area contributed by atoms with Gasteiger partial charge in [-0.15, -0.1) is 0 Å². The maximum atomic E-state index is 5.40. The molecular formula is C17H27NO. The van der Waals surface area contributed by atoms with Crippen molar-refractivity contribution in [3.63, 3.8) is 0 Å². The van der Waals surface area contributed by atoms with E-state index in [0.717, 1.165) is 30.6 Å². The smallest absolute Gasteiger partial charge is 0.122 e. The second-order valence-corrected chi connectivity index (χ2v) is 6.02. The molecule has 1 saturated carbocycles. The first-order chi connectivity index (χ1) is 9.20. The van der Waals surface area contributed by atoms with Crippen LogP contribution in [0, 0.1) is 11.8 Å². The van der Waals surface area contributed by atoms with Crippen LogP contribution in [-0.4, -0.2) is 19.7 Å². The van der Waals surface area contributed by atoms with Gasteiger partial charge in [0.05, 0.1) is 7.11 Å². The third-order valence-corrected chi connectivity index (χ3v) is 4.42. The van der Waals surface area contributed by atoms with Crippen LogP contribution in [0.5, 0.6) is 5.75 Å². The zero-order chi connectivity index (χ0) is 13.7. The lowest BCUT2D eigenvalue weighted by Crippen LogP contribution is -2.39. The Balaban J connectivity index is 1.80. The number of hydrogen-bond donors (Lipinski definition) is 1. The van der Waals surface area contributed by atoms with Crippen molar-refractivity contribution >= 4 is 0 Å². The molecule has 0 amide bonds. The molecule has 3 unspecified atom stereocenters. The Bertz CT molecular complexity index is 391. The molecule has 0 bridgehead atoms. The van der Waals surface area contributed by atoms with E-state index in [1.165, 1.54) is 24.8 Å². The molecule has 2 rings (SSSR count). The topological polar surface area (TPSA) is 21.3 Å². The lowest BCUT2D eigenvalue weighted by Gasteiger charge is -2.33. The first-order valence-corrected chi connectivity index (χ1v) is 7.56. The summed E-state index contributed by atoms with van der Waals surface area (Å²) >= 11 is 0. The third kappa shape index (κ3) is 3.97. The number of methoxy groups -OCH3 is 1. The van der Waals surface area contributed by atoms with Gasteiger partial charge in [-0.3, -0.25) is 0 Å². The molecule has 2 nitrogen and oxygen atoms in total. The standard InChI is InChI=1S/C17H27NO/c1-13-8-9-16(14(2)12-13)18-11-10-15-6-4-5-7-17(15)19-3/h4-7,13-14,16,18H,8-12H2,1-3H3. The summed E-state index contributed by atoms with van der Waals surface area (Å²) < 4.78 is 5.40. The fourth-order valence-electron chi connectivity index (χ4n) is 3.27. The molecule has 1 fully saturated rings. The molecule has 0 heterocycles. The first-order valence-electron chi connectivity index (χ1n) is 7.56. The zero-order valence-electron chi connectivity index (χ0n) is 12.5.